The minimum atomic E-state index is -0.960. The lowest BCUT2D eigenvalue weighted by molar-refractivity contribution is -0.131. The molecular formula is C22H18O4. The monoisotopic (exact) mass is 346 g/mol. The number of carbonyl (C=O) groups excluding carboxylic acids is 1. The highest BCUT2D eigenvalue weighted by atomic mass is 16.5. The number of benzene rings is 3. The molecule has 26 heavy (non-hydrogen) atoms. The molecule has 0 fully saturated rings. The molecule has 0 amide bonds. The Kier molecular flexibility index (Phi) is 5.13. The molecule has 1 N–H and O–H groups in total. The van der Waals surface area contributed by atoms with E-state index in [9.17, 15) is 14.7 Å². The molecule has 0 aliphatic carbocycles. The predicted octanol–water partition coefficient (Wildman–Crippen LogP) is 4.49. The minimum Gasteiger partial charge on any atom is -0.478 e. The van der Waals surface area contributed by atoms with Crippen LogP contribution in [0.2, 0.25) is 0 Å². The lowest BCUT2D eigenvalue weighted by Crippen LogP contribution is -2.10. The minimum absolute atomic E-state index is 0.241. The summed E-state index contributed by atoms with van der Waals surface area (Å²) in [6.07, 6.45) is 0. The molecule has 3 aromatic rings. The highest BCUT2D eigenvalue weighted by molar-refractivity contribution is 5.90. The van der Waals surface area contributed by atoms with Crippen LogP contribution in [0.3, 0.4) is 0 Å². The van der Waals surface area contributed by atoms with Crippen LogP contribution >= 0.6 is 0 Å². The van der Waals surface area contributed by atoms with Crippen LogP contribution in [-0.2, 0) is 4.79 Å². The van der Waals surface area contributed by atoms with E-state index in [1.165, 1.54) is 6.92 Å². The Hall–Kier alpha value is -3.40. The van der Waals surface area contributed by atoms with Crippen LogP contribution in [0.5, 0.6) is 5.75 Å². The van der Waals surface area contributed by atoms with Gasteiger partial charge in [0.25, 0.3) is 0 Å². The Labute approximate surface area is 151 Å². The van der Waals surface area contributed by atoms with E-state index in [1.54, 1.807) is 24.3 Å². The molecule has 130 valence electrons. The molecule has 3 rings (SSSR count). The summed E-state index contributed by atoms with van der Waals surface area (Å²) in [5, 5.41) is 9.59. The van der Waals surface area contributed by atoms with Gasteiger partial charge in [-0.05, 0) is 34.9 Å². The number of hydrogen-bond donors (Lipinski definition) is 1. The summed E-state index contributed by atoms with van der Waals surface area (Å²) >= 11 is 0. The fourth-order valence-corrected chi connectivity index (χ4v) is 3.03. The number of esters is 1. The summed E-state index contributed by atoms with van der Waals surface area (Å²) < 4.78 is 5.09. The normalized spacial score (nSPS) is 11.6. The first-order chi connectivity index (χ1) is 12.6. The summed E-state index contributed by atoms with van der Waals surface area (Å²) in [5.74, 6) is -1.12. The summed E-state index contributed by atoms with van der Waals surface area (Å²) in [4.78, 5) is 22.8. The molecule has 0 heterocycles. The molecule has 4 nitrogen and oxygen atoms in total. The van der Waals surface area contributed by atoms with Gasteiger partial charge < -0.3 is 9.84 Å². The molecule has 0 spiro atoms. The second-order valence-corrected chi connectivity index (χ2v) is 5.90. The SMILES string of the molecule is CC(=O)Oc1ccc([C@@H](c2ccccc2)c2ccccc2C(=O)O)cc1. The number of hydrogen-bond acceptors (Lipinski definition) is 3. The molecule has 0 radical (unpaired) electrons. The lowest BCUT2D eigenvalue weighted by atomic mass is 9.83. The average molecular weight is 346 g/mol. The topological polar surface area (TPSA) is 63.6 Å². The Balaban J connectivity index is 2.11. The number of rotatable bonds is 5. The second-order valence-electron chi connectivity index (χ2n) is 5.90. The first-order valence-electron chi connectivity index (χ1n) is 8.22. The third-order valence-corrected chi connectivity index (χ3v) is 4.11. The van der Waals surface area contributed by atoms with Gasteiger partial charge in [0.1, 0.15) is 5.75 Å². The quantitative estimate of drug-likeness (QED) is 0.420. The fourth-order valence-electron chi connectivity index (χ4n) is 3.03. The van der Waals surface area contributed by atoms with Gasteiger partial charge in [-0.1, -0.05) is 60.7 Å². The molecular weight excluding hydrogens is 328 g/mol. The molecule has 0 unspecified atom stereocenters. The van der Waals surface area contributed by atoms with Crippen molar-refractivity contribution in [3.63, 3.8) is 0 Å². The number of carboxylic acids is 1. The molecule has 0 aromatic heterocycles. The van der Waals surface area contributed by atoms with Crippen molar-refractivity contribution < 1.29 is 19.4 Å². The summed E-state index contributed by atoms with van der Waals surface area (Å²) in [6.45, 7) is 1.35. The Morgan fingerprint density at radius 2 is 1.38 bits per heavy atom. The van der Waals surface area contributed by atoms with Crippen molar-refractivity contribution in [2.45, 2.75) is 12.8 Å². The van der Waals surface area contributed by atoms with Crippen molar-refractivity contribution in [3.05, 3.63) is 101 Å². The predicted molar refractivity (Wildman–Crippen MR) is 98.5 cm³/mol. The van der Waals surface area contributed by atoms with Crippen LogP contribution < -0.4 is 4.74 Å². The lowest BCUT2D eigenvalue weighted by Gasteiger charge is -2.21. The maximum atomic E-state index is 11.7. The van der Waals surface area contributed by atoms with Crippen molar-refractivity contribution in [1.29, 1.82) is 0 Å². The van der Waals surface area contributed by atoms with Crippen LogP contribution in [0.4, 0.5) is 0 Å². The average Bonchev–Trinajstić information content (AvgIpc) is 2.64. The van der Waals surface area contributed by atoms with E-state index in [4.69, 9.17) is 4.74 Å². The van der Waals surface area contributed by atoms with Gasteiger partial charge >= 0.3 is 11.9 Å². The number of carboxylic acid groups (broad SMARTS) is 1. The summed E-state index contributed by atoms with van der Waals surface area (Å²) in [5.41, 5.74) is 2.89. The molecule has 3 aromatic carbocycles. The van der Waals surface area contributed by atoms with Gasteiger partial charge in [0.15, 0.2) is 0 Å². The first kappa shape index (κ1) is 17.4. The number of aromatic carboxylic acids is 1. The Morgan fingerprint density at radius 3 is 2.00 bits per heavy atom. The zero-order chi connectivity index (χ0) is 18.5. The molecule has 0 saturated carbocycles. The second kappa shape index (κ2) is 7.66. The molecule has 0 bridgehead atoms. The van der Waals surface area contributed by atoms with Gasteiger partial charge in [-0.15, -0.1) is 0 Å². The van der Waals surface area contributed by atoms with Crippen molar-refractivity contribution >= 4 is 11.9 Å². The van der Waals surface area contributed by atoms with Crippen LogP contribution in [0.25, 0.3) is 0 Å². The maximum Gasteiger partial charge on any atom is 0.335 e. The largest absolute Gasteiger partial charge is 0.478 e. The Bertz CT molecular complexity index is 914. The van der Waals surface area contributed by atoms with E-state index in [-0.39, 0.29) is 17.5 Å². The van der Waals surface area contributed by atoms with Crippen molar-refractivity contribution in [3.8, 4) is 5.75 Å². The van der Waals surface area contributed by atoms with Gasteiger partial charge in [0, 0.05) is 12.8 Å². The molecule has 0 aliphatic heterocycles. The zero-order valence-corrected chi connectivity index (χ0v) is 14.3. The third kappa shape index (κ3) is 3.81. The third-order valence-electron chi connectivity index (χ3n) is 4.11. The molecule has 1 atom stereocenters. The smallest absolute Gasteiger partial charge is 0.335 e. The van der Waals surface area contributed by atoms with Crippen LogP contribution in [0, 0.1) is 0 Å². The van der Waals surface area contributed by atoms with Gasteiger partial charge in [-0.2, -0.15) is 0 Å². The fraction of sp³-hybridized carbons (Fsp3) is 0.0909. The maximum absolute atomic E-state index is 11.7. The van der Waals surface area contributed by atoms with Crippen molar-refractivity contribution in [1.82, 2.24) is 0 Å². The van der Waals surface area contributed by atoms with E-state index in [2.05, 4.69) is 0 Å². The summed E-state index contributed by atoms with van der Waals surface area (Å²) in [6, 6.07) is 23.9. The van der Waals surface area contributed by atoms with Crippen LogP contribution in [0.15, 0.2) is 78.9 Å². The standard InChI is InChI=1S/C22H18O4/c1-15(23)26-18-13-11-17(12-14-18)21(16-7-3-2-4-8-16)19-9-5-6-10-20(19)22(24)25/h2-14,21H,1H3,(H,24,25)/t21-/m1/s1. The number of carbonyl (C=O) groups is 2. The van der Waals surface area contributed by atoms with Crippen molar-refractivity contribution in [2.24, 2.45) is 0 Å². The van der Waals surface area contributed by atoms with E-state index >= 15 is 0 Å². The molecule has 4 heteroatoms. The highest BCUT2D eigenvalue weighted by Crippen LogP contribution is 2.34. The molecule has 0 aliphatic rings. The van der Waals surface area contributed by atoms with E-state index in [1.807, 2.05) is 54.6 Å². The van der Waals surface area contributed by atoms with Gasteiger partial charge in [-0.25, -0.2) is 4.79 Å². The van der Waals surface area contributed by atoms with Gasteiger partial charge in [0.05, 0.1) is 5.56 Å². The Morgan fingerprint density at radius 1 is 0.808 bits per heavy atom. The van der Waals surface area contributed by atoms with E-state index in [0.717, 1.165) is 11.1 Å². The van der Waals surface area contributed by atoms with E-state index in [0.29, 0.717) is 11.3 Å². The van der Waals surface area contributed by atoms with E-state index < -0.39 is 5.97 Å². The first-order valence-corrected chi connectivity index (χ1v) is 8.22. The number of ether oxygens (including phenoxy) is 1. The summed E-state index contributed by atoms with van der Waals surface area (Å²) in [7, 11) is 0. The van der Waals surface area contributed by atoms with Crippen LogP contribution in [0.1, 0.15) is 39.9 Å². The zero-order valence-electron chi connectivity index (χ0n) is 14.3. The van der Waals surface area contributed by atoms with Gasteiger partial charge in [-0.3, -0.25) is 4.79 Å². The molecule has 0 saturated heterocycles. The van der Waals surface area contributed by atoms with Crippen LogP contribution in [-0.4, -0.2) is 17.0 Å². The van der Waals surface area contributed by atoms with Crippen molar-refractivity contribution in [2.75, 3.05) is 0 Å². The highest BCUT2D eigenvalue weighted by Gasteiger charge is 2.22. The van der Waals surface area contributed by atoms with Gasteiger partial charge in [0.2, 0.25) is 0 Å².